The van der Waals surface area contributed by atoms with Crippen LogP contribution in [0.1, 0.15) is 18.9 Å². The largest absolute Gasteiger partial charge is 0.494 e. The minimum atomic E-state index is 0.0605. The van der Waals surface area contributed by atoms with Gasteiger partial charge in [0.1, 0.15) is 5.75 Å². The van der Waals surface area contributed by atoms with Crippen LogP contribution in [0.5, 0.6) is 5.75 Å². The lowest BCUT2D eigenvalue weighted by atomic mass is 10.1. The molecule has 0 aliphatic carbocycles. The van der Waals surface area contributed by atoms with Crippen LogP contribution >= 0.6 is 0 Å². The van der Waals surface area contributed by atoms with Gasteiger partial charge >= 0.3 is 0 Å². The highest BCUT2D eigenvalue weighted by molar-refractivity contribution is 5.85. The number of aryl methyl sites for hydroxylation is 1. The first-order valence-electron chi connectivity index (χ1n) is 6.18. The van der Waals surface area contributed by atoms with Gasteiger partial charge in [-0.15, -0.1) is 0 Å². The molecule has 0 radical (unpaired) electrons. The van der Waals surface area contributed by atoms with E-state index >= 15 is 0 Å². The minimum Gasteiger partial charge on any atom is -0.494 e. The van der Waals surface area contributed by atoms with Crippen LogP contribution in [-0.4, -0.2) is 24.5 Å². The Bertz CT molecular complexity index is 546. The van der Waals surface area contributed by atoms with Gasteiger partial charge in [-0.2, -0.15) is 0 Å². The van der Waals surface area contributed by atoms with Gasteiger partial charge in [0.15, 0.2) is 0 Å². The van der Waals surface area contributed by atoms with Crippen molar-refractivity contribution >= 4 is 16.8 Å². The summed E-state index contributed by atoms with van der Waals surface area (Å²) in [6.07, 6.45) is 3.20. The quantitative estimate of drug-likeness (QED) is 0.850. The van der Waals surface area contributed by atoms with Crippen LogP contribution in [0.2, 0.25) is 0 Å². The average Bonchev–Trinajstić information content (AvgIpc) is 2.79. The van der Waals surface area contributed by atoms with Crippen molar-refractivity contribution in [1.29, 1.82) is 0 Å². The van der Waals surface area contributed by atoms with E-state index in [4.69, 9.17) is 4.74 Å². The number of amides is 1. The van der Waals surface area contributed by atoms with Crippen molar-refractivity contribution in [2.24, 2.45) is 0 Å². The van der Waals surface area contributed by atoms with Crippen molar-refractivity contribution in [3.05, 3.63) is 30.0 Å². The van der Waals surface area contributed by atoms with Crippen LogP contribution in [0.4, 0.5) is 0 Å². The highest BCUT2D eigenvalue weighted by Crippen LogP contribution is 2.24. The zero-order valence-electron chi connectivity index (χ0n) is 10.7. The highest BCUT2D eigenvalue weighted by atomic mass is 16.5. The van der Waals surface area contributed by atoms with Crippen LogP contribution < -0.4 is 10.1 Å². The third-order valence-corrected chi connectivity index (χ3v) is 2.95. The van der Waals surface area contributed by atoms with Crippen molar-refractivity contribution in [2.75, 3.05) is 13.7 Å². The lowest BCUT2D eigenvalue weighted by molar-refractivity contribution is -0.120. The number of benzene rings is 1. The van der Waals surface area contributed by atoms with Crippen LogP contribution in [0.15, 0.2) is 24.4 Å². The smallest absolute Gasteiger partial charge is 0.220 e. The van der Waals surface area contributed by atoms with E-state index in [1.807, 2.05) is 31.3 Å². The van der Waals surface area contributed by atoms with E-state index in [0.29, 0.717) is 13.0 Å². The van der Waals surface area contributed by atoms with Gasteiger partial charge in [-0.3, -0.25) is 4.79 Å². The van der Waals surface area contributed by atoms with E-state index in [1.54, 1.807) is 7.05 Å². The highest BCUT2D eigenvalue weighted by Gasteiger charge is 2.07. The molecule has 0 spiro atoms. The number of H-pyrrole nitrogens is 1. The Labute approximate surface area is 106 Å². The Morgan fingerprint density at radius 1 is 1.44 bits per heavy atom. The summed E-state index contributed by atoms with van der Waals surface area (Å²) >= 11 is 0. The number of carbonyl (C=O) groups is 1. The molecule has 0 unspecified atom stereocenters. The molecule has 1 amide bonds. The number of hydrogen-bond acceptors (Lipinski definition) is 2. The van der Waals surface area contributed by atoms with Crippen LogP contribution in [-0.2, 0) is 11.2 Å². The third kappa shape index (κ3) is 2.64. The molecule has 18 heavy (non-hydrogen) atoms. The van der Waals surface area contributed by atoms with Gasteiger partial charge in [0.25, 0.3) is 0 Å². The molecule has 0 fully saturated rings. The molecular weight excluding hydrogens is 228 g/mol. The van der Waals surface area contributed by atoms with Crippen LogP contribution in [0.3, 0.4) is 0 Å². The molecule has 0 atom stereocenters. The summed E-state index contributed by atoms with van der Waals surface area (Å²) in [5.74, 6) is 0.927. The van der Waals surface area contributed by atoms with Gasteiger partial charge in [0.2, 0.25) is 5.91 Å². The maximum Gasteiger partial charge on any atom is 0.220 e. The van der Waals surface area contributed by atoms with Crippen LogP contribution in [0, 0.1) is 0 Å². The predicted octanol–water partition coefficient (Wildman–Crippen LogP) is 2.25. The monoisotopic (exact) mass is 246 g/mol. The molecule has 1 heterocycles. The van der Waals surface area contributed by atoms with Gasteiger partial charge in [-0.1, -0.05) is 0 Å². The standard InChI is InChI=1S/C14H18N2O2/c1-3-18-11-5-6-13-12(8-11)10(9-16-13)4-7-14(17)15-2/h5-6,8-9,16H,3-4,7H2,1-2H3,(H,15,17). The molecule has 2 aromatic rings. The average molecular weight is 246 g/mol. The van der Waals surface area contributed by atoms with E-state index in [1.165, 1.54) is 0 Å². The number of carbonyl (C=O) groups excluding carboxylic acids is 1. The van der Waals surface area contributed by atoms with Gasteiger partial charge in [0.05, 0.1) is 6.61 Å². The lowest BCUT2D eigenvalue weighted by Crippen LogP contribution is -2.17. The summed E-state index contributed by atoms with van der Waals surface area (Å²) in [7, 11) is 1.66. The van der Waals surface area contributed by atoms with Crippen molar-refractivity contribution in [1.82, 2.24) is 10.3 Å². The molecule has 1 aromatic heterocycles. The summed E-state index contributed by atoms with van der Waals surface area (Å²) in [4.78, 5) is 14.5. The van der Waals surface area contributed by atoms with E-state index in [9.17, 15) is 4.79 Å². The van der Waals surface area contributed by atoms with Gasteiger partial charge < -0.3 is 15.0 Å². The fourth-order valence-electron chi connectivity index (χ4n) is 1.99. The Morgan fingerprint density at radius 2 is 2.28 bits per heavy atom. The van der Waals surface area contributed by atoms with Crippen LogP contribution in [0.25, 0.3) is 10.9 Å². The molecule has 0 aliphatic heterocycles. The fourth-order valence-corrected chi connectivity index (χ4v) is 1.99. The second kappa shape index (κ2) is 5.58. The molecule has 0 aliphatic rings. The SMILES string of the molecule is CCOc1ccc2[nH]cc(CCC(=O)NC)c2c1. The first kappa shape index (κ1) is 12.5. The molecular formula is C14H18N2O2. The second-order valence-electron chi connectivity index (χ2n) is 4.13. The maximum atomic E-state index is 11.3. The number of fused-ring (bicyclic) bond motifs is 1. The number of rotatable bonds is 5. The number of hydrogen-bond donors (Lipinski definition) is 2. The molecule has 2 rings (SSSR count). The second-order valence-corrected chi connectivity index (χ2v) is 4.13. The maximum absolute atomic E-state index is 11.3. The zero-order chi connectivity index (χ0) is 13.0. The Balaban J connectivity index is 2.22. The summed E-state index contributed by atoms with van der Waals surface area (Å²) in [5.41, 5.74) is 2.22. The number of aromatic amines is 1. The Hall–Kier alpha value is -1.97. The molecule has 2 N–H and O–H groups in total. The predicted molar refractivity (Wildman–Crippen MR) is 71.9 cm³/mol. The molecule has 1 aromatic carbocycles. The first-order chi connectivity index (χ1) is 8.74. The zero-order valence-corrected chi connectivity index (χ0v) is 10.7. The van der Waals surface area contributed by atoms with E-state index < -0.39 is 0 Å². The van der Waals surface area contributed by atoms with Crippen molar-refractivity contribution in [2.45, 2.75) is 19.8 Å². The molecule has 4 nitrogen and oxygen atoms in total. The van der Waals surface area contributed by atoms with Gasteiger partial charge in [-0.25, -0.2) is 0 Å². The number of nitrogens with one attached hydrogen (secondary N) is 2. The molecule has 0 saturated carbocycles. The topological polar surface area (TPSA) is 54.1 Å². The van der Waals surface area contributed by atoms with E-state index in [-0.39, 0.29) is 5.91 Å². The van der Waals surface area contributed by atoms with Gasteiger partial charge in [0, 0.05) is 30.6 Å². The fraction of sp³-hybridized carbons (Fsp3) is 0.357. The van der Waals surface area contributed by atoms with Crippen molar-refractivity contribution in [3.63, 3.8) is 0 Å². The minimum absolute atomic E-state index is 0.0605. The van der Waals surface area contributed by atoms with Crippen molar-refractivity contribution in [3.8, 4) is 5.75 Å². The number of aromatic nitrogens is 1. The Morgan fingerprint density at radius 3 is 3.00 bits per heavy atom. The van der Waals surface area contributed by atoms with E-state index in [2.05, 4.69) is 10.3 Å². The summed E-state index contributed by atoms with van der Waals surface area (Å²) in [5, 5.41) is 3.76. The lowest BCUT2D eigenvalue weighted by Gasteiger charge is -2.04. The van der Waals surface area contributed by atoms with Gasteiger partial charge in [-0.05, 0) is 37.1 Å². The summed E-state index contributed by atoms with van der Waals surface area (Å²) in [6.45, 7) is 2.62. The molecule has 0 saturated heterocycles. The Kier molecular flexibility index (Phi) is 3.87. The van der Waals surface area contributed by atoms with E-state index in [0.717, 1.165) is 28.6 Å². The molecule has 4 heteroatoms. The third-order valence-electron chi connectivity index (χ3n) is 2.95. The molecule has 0 bridgehead atoms. The normalized spacial score (nSPS) is 10.6. The first-order valence-corrected chi connectivity index (χ1v) is 6.18. The molecule has 96 valence electrons. The summed E-state index contributed by atoms with van der Waals surface area (Å²) in [6, 6.07) is 5.98. The number of ether oxygens (including phenoxy) is 1. The van der Waals surface area contributed by atoms with Crippen molar-refractivity contribution < 1.29 is 9.53 Å². The summed E-state index contributed by atoms with van der Waals surface area (Å²) < 4.78 is 5.49.